The van der Waals surface area contributed by atoms with Crippen LogP contribution < -0.4 is 4.90 Å². The Bertz CT molecular complexity index is 1100. The van der Waals surface area contributed by atoms with Crippen LogP contribution in [0, 0.1) is 0 Å². The lowest BCUT2D eigenvalue weighted by atomic mass is 9.99. The lowest BCUT2D eigenvalue weighted by Crippen LogP contribution is -2.36. The van der Waals surface area contributed by atoms with E-state index in [9.17, 15) is 9.59 Å². The lowest BCUT2D eigenvalue weighted by molar-refractivity contribution is 0.0734. The van der Waals surface area contributed by atoms with E-state index >= 15 is 0 Å². The molecule has 4 heteroatoms. The maximum absolute atomic E-state index is 13.1. The highest BCUT2D eigenvalue weighted by molar-refractivity contribution is 6.07. The quantitative estimate of drug-likeness (QED) is 0.641. The molecule has 150 valence electrons. The minimum absolute atomic E-state index is 0.00644. The van der Waals surface area contributed by atoms with Gasteiger partial charge in [-0.1, -0.05) is 42.5 Å². The smallest absolute Gasteiger partial charge is 0.258 e. The largest absolute Gasteiger partial charge is 0.334 e. The molecular weight excluding hydrogens is 372 g/mol. The molecule has 0 saturated heterocycles. The summed E-state index contributed by atoms with van der Waals surface area (Å²) in [7, 11) is 0. The monoisotopic (exact) mass is 396 g/mol. The third-order valence-corrected chi connectivity index (χ3v) is 6.15. The Hall–Kier alpha value is -3.40. The van der Waals surface area contributed by atoms with Crippen LogP contribution in [0.2, 0.25) is 0 Å². The van der Waals surface area contributed by atoms with Gasteiger partial charge >= 0.3 is 0 Å². The first-order valence-electron chi connectivity index (χ1n) is 10.6. The molecule has 2 amide bonds. The molecule has 0 radical (unpaired) electrons. The topological polar surface area (TPSA) is 40.6 Å². The zero-order valence-electron chi connectivity index (χ0n) is 16.9. The molecule has 0 aliphatic carbocycles. The zero-order valence-corrected chi connectivity index (χ0v) is 16.9. The molecule has 0 aromatic heterocycles. The van der Waals surface area contributed by atoms with Gasteiger partial charge in [-0.05, 0) is 66.3 Å². The summed E-state index contributed by atoms with van der Waals surface area (Å²) in [6.07, 6.45) is 2.86. The van der Waals surface area contributed by atoms with Crippen molar-refractivity contribution in [1.82, 2.24) is 4.90 Å². The molecule has 2 aliphatic rings. The lowest BCUT2D eigenvalue weighted by Gasteiger charge is -2.30. The molecule has 4 nitrogen and oxygen atoms in total. The minimum atomic E-state index is -0.00644. The fourth-order valence-corrected chi connectivity index (χ4v) is 4.51. The Morgan fingerprint density at radius 3 is 2.03 bits per heavy atom. The molecular formula is C26H24N2O2. The number of para-hydroxylation sites is 1. The zero-order chi connectivity index (χ0) is 20.5. The van der Waals surface area contributed by atoms with Gasteiger partial charge in [0.25, 0.3) is 11.8 Å². The Labute approximate surface area is 176 Å². The van der Waals surface area contributed by atoms with Gasteiger partial charge in [0.1, 0.15) is 0 Å². The number of carbonyl (C=O) groups excluding carboxylic acids is 2. The first kappa shape index (κ1) is 18.6. The van der Waals surface area contributed by atoms with Gasteiger partial charge in [-0.15, -0.1) is 0 Å². The van der Waals surface area contributed by atoms with E-state index in [0.29, 0.717) is 17.7 Å². The average molecular weight is 396 g/mol. The molecule has 3 aromatic carbocycles. The van der Waals surface area contributed by atoms with Gasteiger partial charge in [0.05, 0.1) is 0 Å². The van der Waals surface area contributed by atoms with Crippen LogP contribution in [-0.2, 0) is 19.4 Å². The predicted octanol–water partition coefficient (Wildman–Crippen LogP) is 4.48. The van der Waals surface area contributed by atoms with Crippen LogP contribution in [0.5, 0.6) is 0 Å². The molecule has 3 aromatic rings. The van der Waals surface area contributed by atoms with Crippen molar-refractivity contribution in [3.63, 3.8) is 0 Å². The highest BCUT2D eigenvalue weighted by atomic mass is 16.2. The number of carbonyl (C=O) groups is 2. The van der Waals surface area contributed by atoms with Crippen molar-refractivity contribution < 1.29 is 9.59 Å². The van der Waals surface area contributed by atoms with Crippen LogP contribution >= 0.6 is 0 Å². The van der Waals surface area contributed by atoms with E-state index in [4.69, 9.17) is 0 Å². The van der Waals surface area contributed by atoms with Crippen molar-refractivity contribution in [1.29, 1.82) is 0 Å². The Morgan fingerprint density at radius 1 is 0.633 bits per heavy atom. The molecule has 0 atom stereocenters. The number of aryl methyl sites for hydroxylation is 1. The van der Waals surface area contributed by atoms with E-state index in [1.807, 2.05) is 40.1 Å². The number of hydrogen-bond acceptors (Lipinski definition) is 2. The van der Waals surface area contributed by atoms with E-state index in [-0.39, 0.29) is 11.8 Å². The Kier molecular flexibility index (Phi) is 4.83. The average Bonchev–Trinajstić information content (AvgIpc) is 2.82. The van der Waals surface area contributed by atoms with Crippen molar-refractivity contribution in [3.05, 3.63) is 101 Å². The van der Waals surface area contributed by atoms with Crippen LogP contribution in [-0.4, -0.2) is 29.8 Å². The van der Waals surface area contributed by atoms with Gasteiger partial charge in [-0.25, -0.2) is 0 Å². The second-order valence-electron chi connectivity index (χ2n) is 8.01. The van der Waals surface area contributed by atoms with Crippen molar-refractivity contribution in [2.45, 2.75) is 25.8 Å². The number of benzene rings is 3. The highest BCUT2D eigenvalue weighted by Crippen LogP contribution is 2.28. The van der Waals surface area contributed by atoms with Gasteiger partial charge in [0, 0.05) is 36.4 Å². The predicted molar refractivity (Wildman–Crippen MR) is 118 cm³/mol. The van der Waals surface area contributed by atoms with Crippen LogP contribution in [0.1, 0.15) is 43.8 Å². The van der Waals surface area contributed by atoms with Crippen molar-refractivity contribution in [2.75, 3.05) is 18.0 Å². The molecule has 5 rings (SSSR count). The number of hydrogen-bond donors (Lipinski definition) is 0. The van der Waals surface area contributed by atoms with E-state index in [1.54, 1.807) is 24.3 Å². The summed E-state index contributed by atoms with van der Waals surface area (Å²) in [6.45, 7) is 2.09. The molecule has 0 unspecified atom stereocenters. The summed E-state index contributed by atoms with van der Waals surface area (Å²) in [4.78, 5) is 29.8. The first-order chi connectivity index (χ1) is 14.7. The number of rotatable bonds is 2. The molecule has 2 aliphatic heterocycles. The summed E-state index contributed by atoms with van der Waals surface area (Å²) < 4.78 is 0. The molecule has 0 fully saturated rings. The van der Waals surface area contributed by atoms with E-state index in [0.717, 1.165) is 38.0 Å². The van der Waals surface area contributed by atoms with Crippen molar-refractivity contribution in [3.8, 4) is 0 Å². The van der Waals surface area contributed by atoms with Crippen molar-refractivity contribution >= 4 is 17.5 Å². The minimum Gasteiger partial charge on any atom is -0.334 e. The molecule has 2 heterocycles. The molecule has 0 saturated carbocycles. The molecule has 0 N–H and O–H groups in total. The maximum atomic E-state index is 13.1. The SMILES string of the molecule is O=C(c1ccc(C(=O)N2CCCc3ccccc32)cc1)N1CCc2ccccc2C1. The van der Waals surface area contributed by atoms with Crippen LogP contribution in [0.25, 0.3) is 0 Å². The van der Waals surface area contributed by atoms with Gasteiger partial charge in [0.15, 0.2) is 0 Å². The van der Waals surface area contributed by atoms with Gasteiger partial charge < -0.3 is 9.80 Å². The normalized spacial score (nSPS) is 15.3. The van der Waals surface area contributed by atoms with Crippen LogP contribution in [0.4, 0.5) is 5.69 Å². The number of nitrogens with zero attached hydrogens (tertiary/aromatic N) is 2. The summed E-state index contributed by atoms with van der Waals surface area (Å²) in [5, 5.41) is 0. The number of amides is 2. The number of fused-ring (bicyclic) bond motifs is 2. The number of anilines is 1. The van der Waals surface area contributed by atoms with Crippen LogP contribution in [0.3, 0.4) is 0 Å². The molecule has 30 heavy (non-hydrogen) atoms. The molecule has 0 spiro atoms. The standard InChI is InChI=1S/C26H24N2O2/c29-25(27-17-15-19-6-1-2-8-23(19)18-27)21-11-13-22(14-12-21)26(30)28-16-5-9-20-7-3-4-10-24(20)28/h1-4,6-8,10-14H,5,9,15-18H2. The molecule has 0 bridgehead atoms. The summed E-state index contributed by atoms with van der Waals surface area (Å²) >= 11 is 0. The first-order valence-corrected chi connectivity index (χ1v) is 10.6. The third kappa shape index (κ3) is 3.39. The Balaban J connectivity index is 1.33. The van der Waals surface area contributed by atoms with E-state index < -0.39 is 0 Å². The van der Waals surface area contributed by atoms with E-state index in [1.165, 1.54) is 16.7 Å². The van der Waals surface area contributed by atoms with Gasteiger partial charge in [-0.2, -0.15) is 0 Å². The summed E-state index contributed by atoms with van der Waals surface area (Å²) in [6, 6.07) is 23.5. The van der Waals surface area contributed by atoms with Crippen molar-refractivity contribution in [2.24, 2.45) is 0 Å². The maximum Gasteiger partial charge on any atom is 0.258 e. The van der Waals surface area contributed by atoms with Crippen LogP contribution in [0.15, 0.2) is 72.8 Å². The summed E-state index contributed by atoms with van der Waals surface area (Å²) in [5.41, 5.74) is 6.00. The van der Waals surface area contributed by atoms with E-state index in [2.05, 4.69) is 18.2 Å². The second kappa shape index (κ2) is 7.79. The van der Waals surface area contributed by atoms with Gasteiger partial charge in [0.2, 0.25) is 0 Å². The Morgan fingerprint density at radius 2 is 1.27 bits per heavy atom. The third-order valence-electron chi connectivity index (χ3n) is 6.15. The van der Waals surface area contributed by atoms with Gasteiger partial charge in [-0.3, -0.25) is 9.59 Å². The second-order valence-corrected chi connectivity index (χ2v) is 8.01. The summed E-state index contributed by atoms with van der Waals surface area (Å²) in [5.74, 6) is 0.0138. The fraction of sp³-hybridized carbons (Fsp3) is 0.231. The fourth-order valence-electron chi connectivity index (χ4n) is 4.51. The highest BCUT2D eigenvalue weighted by Gasteiger charge is 2.25.